The third-order valence-corrected chi connectivity index (χ3v) is 3.94. The average Bonchev–Trinajstić information content (AvgIpc) is 2.52. The van der Waals surface area contributed by atoms with Crippen molar-refractivity contribution in [2.75, 3.05) is 25.6 Å². The number of carbonyl (C=O) groups excluding carboxylic acids is 1. The van der Waals surface area contributed by atoms with Gasteiger partial charge in [-0.1, -0.05) is 18.6 Å². The lowest BCUT2D eigenvalue weighted by Gasteiger charge is -2.25. The van der Waals surface area contributed by atoms with Gasteiger partial charge in [0.05, 0.1) is 12.8 Å². The van der Waals surface area contributed by atoms with Crippen molar-refractivity contribution in [1.82, 2.24) is 5.32 Å². The third-order valence-electron chi connectivity index (χ3n) is 3.94. The van der Waals surface area contributed by atoms with Crippen LogP contribution in [0.2, 0.25) is 0 Å². The van der Waals surface area contributed by atoms with E-state index in [0.717, 1.165) is 24.4 Å². The van der Waals surface area contributed by atoms with Gasteiger partial charge in [-0.3, -0.25) is 4.79 Å². The first kappa shape index (κ1) is 14.9. The van der Waals surface area contributed by atoms with Crippen molar-refractivity contribution < 1.29 is 9.53 Å². The van der Waals surface area contributed by atoms with Crippen molar-refractivity contribution in [3.63, 3.8) is 0 Å². The fourth-order valence-electron chi connectivity index (χ4n) is 2.68. The highest BCUT2D eigenvalue weighted by Gasteiger charge is 2.18. The van der Waals surface area contributed by atoms with Gasteiger partial charge in [-0.15, -0.1) is 0 Å². The minimum absolute atomic E-state index is 0.141. The Bertz CT molecular complexity index is 442. The highest BCUT2D eigenvalue weighted by atomic mass is 16.5. The van der Waals surface area contributed by atoms with E-state index >= 15 is 0 Å². The summed E-state index contributed by atoms with van der Waals surface area (Å²) in [4.78, 5) is 14.0. The molecule has 4 nitrogen and oxygen atoms in total. The molecular formula is C16H24N2O2. The fraction of sp³-hybridized carbons (Fsp3) is 0.562. The monoisotopic (exact) mass is 276 g/mol. The van der Waals surface area contributed by atoms with Crippen LogP contribution in [-0.2, 0) is 4.79 Å². The van der Waals surface area contributed by atoms with Crippen molar-refractivity contribution in [3.05, 3.63) is 24.3 Å². The van der Waals surface area contributed by atoms with Gasteiger partial charge in [0.1, 0.15) is 5.75 Å². The van der Waals surface area contributed by atoms with Gasteiger partial charge in [0, 0.05) is 19.5 Å². The van der Waals surface area contributed by atoms with Crippen LogP contribution in [0.3, 0.4) is 0 Å². The van der Waals surface area contributed by atoms with Gasteiger partial charge in [0.25, 0.3) is 0 Å². The predicted octanol–water partition coefficient (Wildman–Crippen LogP) is 2.58. The van der Waals surface area contributed by atoms with E-state index in [-0.39, 0.29) is 5.91 Å². The number of ether oxygens (including phenoxy) is 1. The smallest absolute Gasteiger partial charge is 0.226 e. The number of amides is 1. The molecule has 0 radical (unpaired) electrons. The van der Waals surface area contributed by atoms with Crippen molar-refractivity contribution in [2.45, 2.75) is 38.1 Å². The van der Waals surface area contributed by atoms with Crippen LogP contribution in [0.1, 0.15) is 32.1 Å². The van der Waals surface area contributed by atoms with Crippen molar-refractivity contribution in [1.29, 1.82) is 0 Å². The van der Waals surface area contributed by atoms with Gasteiger partial charge in [-0.05, 0) is 37.9 Å². The summed E-state index contributed by atoms with van der Waals surface area (Å²) in [5.74, 6) is 0.876. The van der Waals surface area contributed by atoms with Crippen LogP contribution in [0, 0.1) is 0 Å². The minimum atomic E-state index is 0.141. The Morgan fingerprint density at radius 2 is 2.20 bits per heavy atom. The van der Waals surface area contributed by atoms with E-state index in [4.69, 9.17) is 4.74 Å². The van der Waals surface area contributed by atoms with E-state index in [1.807, 2.05) is 31.3 Å². The number of hydrogen-bond acceptors (Lipinski definition) is 3. The number of para-hydroxylation sites is 2. The summed E-state index contributed by atoms with van der Waals surface area (Å²) in [5, 5.41) is 3.48. The first-order chi connectivity index (χ1) is 9.72. The zero-order chi connectivity index (χ0) is 14.4. The van der Waals surface area contributed by atoms with Crippen LogP contribution in [0.25, 0.3) is 0 Å². The quantitative estimate of drug-likeness (QED) is 0.898. The van der Waals surface area contributed by atoms with Gasteiger partial charge >= 0.3 is 0 Å². The predicted molar refractivity (Wildman–Crippen MR) is 81.3 cm³/mol. The van der Waals surface area contributed by atoms with Crippen molar-refractivity contribution in [2.24, 2.45) is 0 Å². The zero-order valence-electron chi connectivity index (χ0n) is 12.4. The first-order valence-electron chi connectivity index (χ1n) is 7.35. The van der Waals surface area contributed by atoms with E-state index in [1.165, 1.54) is 19.3 Å². The molecule has 0 spiro atoms. The topological polar surface area (TPSA) is 41.6 Å². The molecule has 2 rings (SSSR count). The Morgan fingerprint density at radius 1 is 1.40 bits per heavy atom. The highest BCUT2D eigenvalue weighted by Crippen LogP contribution is 2.27. The molecule has 1 unspecified atom stereocenters. The second-order valence-electron chi connectivity index (χ2n) is 5.31. The maximum absolute atomic E-state index is 12.3. The summed E-state index contributed by atoms with van der Waals surface area (Å²) >= 11 is 0. The molecule has 1 amide bonds. The molecule has 0 bridgehead atoms. The summed E-state index contributed by atoms with van der Waals surface area (Å²) in [6.45, 7) is 1.08. The van der Waals surface area contributed by atoms with Crippen molar-refractivity contribution >= 4 is 11.6 Å². The second-order valence-corrected chi connectivity index (χ2v) is 5.31. The van der Waals surface area contributed by atoms with Gasteiger partial charge in [-0.2, -0.15) is 0 Å². The summed E-state index contributed by atoms with van der Waals surface area (Å²) in [7, 11) is 3.44. The van der Waals surface area contributed by atoms with E-state index in [1.54, 1.807) is 12.0 Å². The first-order valence-corrected chi connectivity index (χ1v) is 7.35. The van der Waals surface area contributed by atoms with E-state index in [0.29, 0.717) is 12.5 Å². The SMILES string of the molecule is COc1ccccc1N(C)C(=O)CCC1CCCCN1. The average molecular weight is 276 g/mol. The largest absolute Gasteiger partial charge is 0.495 e. The summed E-state index contributed by atoms with van der Waals surface area (Å²) in [6.07, 6.45) is 5.20. The van der Waals surface area contributed by atoms with Crippen molar-refractivity contribution in [3.8, 4) is 5.75 Å². The van der Waals surface area contributed by atoms with Crippen LogP contribution in [0.4, 0.5) is 5.69 Å². The third kappa shape index (κ3) is 3.73. The Hall–Kier alpha value is -1.55. The van der Waals surface area contributed by atoms with Crippen LogP contribution in [-0.4, -0.2) is 32.7 Å². The van der Waals surface area contributed by atoms with Crippen LogP contribution < -0.4 is 15.0 Å². The normalized spacial score (nSPS) is 18.6. The number of hydrogen-bond donors (Lipinski definition) is 1. The number of methoxy groups -OCH3 is 1. The lowest BCUT2D eigenvalue weighted by Crippen LogP contribution is -2.35. The summed E-state index contributed by atoms with van der Waals surface area (Å²) in [5.41, 5.74) is 0.830. The maximum Gasteiger partial charge on any atom is 0.226 e. The lowest BCUT2D eigenvalue weighted by atomic mass is 10.0. The lowest BCUT2D eigenvalue weighted by molar-refractivity contribution is -0.118. The highest BCUT2D eigenvalue weighted by molar-refractivity contribution is 5.94. The molecule has 1 fully saturated rings. The molecule has 0 saturated carbocycles. The molecule has 1 aromatic rings. The number of carbonyl (C=O) groups is 1. The molecule has 1 N–H and O–H groups in total. The molecule has 1 saturated heterocycles. The Kier molecular flexibility index (Phi) is 5.41. The summed E-state index contributed by atoms with van der Waals surface area (Å²) in [6, 6.07) is 8.12. The minimum Gasteiger partial charge on any atom is -0.495 e. The number of nitrogens with one attached hydrogen (secondary N) is 1. The van der Waals surface area contributed by atoms with E-state index < -0.39 is 0 Å². The zero-order valence-corrected chi connectivity index (χ0v) is 12.4. The molecule has 1 aliphatic rings. The van der Waals surface area contributed by atoms with Crippen LogP contribution >= 0.6 is 0 Å². The van der Waals surface area contributed by atoms with Gasteiger partial charge in [-0.25, -0.2) is 0 Å². The van der Waals surface area contributed by atoms with E-state index in [2.05, 4.69) is 5.32 Å². The molecular weight excluding hydrogens is 252 g/mol. The molecule has 0 aromatic heterocycles. The van der Waals surface area contributed by atoms with E-state index in [9.17, 15) is 4.79 Å². The number of piperidine rings is 1. The molecule has 20 heavy (non-hydrogen) atoms. The standard InChI is InChI=1S/C16H24N2O2/c1-18(14-8-3-4-9-15(14)20-2)16(19)11-10-13-7-5-6-12-17-13/h3-4,8-9,13,17H,5-7,10-12H2,1-2H3. The molecule has 1 heterocycles. The molecule has 110 valence electrons. The maximum atomic E-state index is 12.3. The molecule has 1 aliphatic heterocycles. The Morgan fingerprint density at radius 3 is 2.90 bits per heavy atom. The fourth-order valence-corrected chi connectivity index (χ4v) is 2.68. The van der Waals surface area contributed by atoms with Crippen LogP contribution in [0.15, 0.2) is 24.3 Å². The molecule has 0 aliphatic carbocycles. The number of nitrogens with zero attached hydrogens (tertiary/aromatic N) is 1. The Balaban J connectivity index is 1.90. The second kappa shape index (κ2) is 7.29. The number of rotatable bonds is 5. The van der Waals surface area contributed by atoms with Gasteiger partial charge < -0.3 is 15.0 Å². The number of benzene rings is 1. The number of anilines is 1. The van der Waals surface area contributed by atoms with Crippen LogP contribution in [0.5, 0.6) is 5.75 Å². The van der Waals surface area contributed by atoms with Gasteiger partial charge in [0.2, 0.25) is 5.91 Å². The summed E-state index contributed by atoms with van der Waals surface area (Å²) < 4.78 is 5.30. The molecule has 1 atom stereocenters. The van der Waals surface area contributed by atoms with Gasteiger partial charge in [0.15, 0.2) is 0 Å². The molecule has 1 aromatic carbocycles. The Labute approximate surface area is 121 Å². The molecule has 4 heteroatoms.